The van der Waals surface area contributed by atoms with Crippen molar-refractivity contribution < 1.29 is 13.9 Å². The fourth-order valence-electron chi connectivity index (χ4n) is 3.00. The average molecular weight is 358 g/mol. The lowest BCUT2D eigenvalue weighted by molar-refractivity contribution is -0.134. The highest BCUT2D eigenvalue weighted by molar-refractivity contribution is 5.78. The number of amides is 1. The molecule has 1 unspecified atom stereocenters. The van der Waals surface area contributed by atoms with Gasteiger partial charge in [-0.25, -0.2) is 14.4 Å². The third-order valence-corrected chi connectivity index (χ3v) is 4.56. The Bertz CT molecular complexity index is 736. The minimum atomic E-state index is -0.330. The van der Waals surface area contributed by atoms with Crippen LogP contribution in [0.5, 0.6) is 5.75 Å². The number of ether oxygens (including phenoxy) is 1. The van der Waals surface area contributed by atoms with E-state index < -0.39 is 0 Å². The SMILES string of the molecule is Cc1cnc(N(C)C2CCCN(C(=O)COc3ccc(F)cc3)C2)nc1. The molecule has 1 saturated heterocycles. The Kier molecular flexibility index (Phi) is 5.65. The van der Waals surface area contributed by atoms with Crippen molar-refractivity contribution in [1.82, 2.24) is 14.9 Å². The van der Waals surface area contributed by atoms with Gasteiger partial charge in [0.05, 0.1) is 0 Å². The van der Waals surface area contributed by atoms with Crippen LogP contribution < -0.4 is 9.64 Å². The van der Waals surface area contributed by atoms with Crippen molar-refractivity contribution >= 4 is 11.9 Å². The minimum absolute atomic E-state index is 0.0525. The fraction of sp³-hybridized carbons (Fsp3) is 0.421. The van der Waals surface area contributed by atoms with E-state index in [9.17, 15) is 9.18 Å². The number of piperidine rings is 1. The van der Waals surface area contributed by atoms with Crippen molar-refractivity contribution in [2.45, 2.75) is 25.8 Å². The topological polar surface area (TPSA) is 58.6 Å². The van der Waals surface area contributed by atoms with Gasteiger partial charge in [-0.2, -0.15) is 0 Å². The monoisotopic (exact) mass is 358 g/mol. The second-order valence-electron chi connectivity index (χ2n) is 6.55. The van der Waals surface area contributed by atoms with Crippen LogP contribution in [-0.2, 0) is 4.79 Å². The van der Waals surface area contributed by atoms with Crippen LogP contribution in [0, 0.1) is 12.7 Å². The number of aryl methyl sites for hydroxylation is 1. The number of aromatic nitrogens is 2. The Morgan fingerprint density at radius 1 is 1.31 bits per heavy atom. The molecule has 2 heterocycles. The standard InChI is InChI=1S/C19H23FN4O2/c1-14-10-21-19(22-11-14)23(2)16-4-3-9-24(12-16)18(25)13-26-17-7-5-15(20)6-8-17/h5-8,10-11,16H,3-4,9,12-13H2,1-2H3. The van der Waals surface area contributed by atoms with Crippen LogP contribution in [0.25, 0.3) is 0 Å². The molecule has 0 spiro atoms. The first-order valence-corrected chi connectivity index (χ1v) is 8.70. The van der Waals surface area contributed by atoms with Crippen molar-refractivity contribution in [1.29, 1.82) is 0 Å². The lowest BCUT2D eigenvalue weighted by Crippen LogP contribution is -2.50. The Morgan fingerprint density at radius 3 is 2.69 bits per heavy atom. The van der Waals surface area contributed by atoms with Gasteiger partial charge >= 0.3 is 0 Å². The number of benzene rings is 1. The molecule has 0 N–H and O–H groups in total. The highest BCUT2D eigenvalue weighted by atomic mass is 19.1. The summed E-state index contributed by atoms with van der Waals surface area (Å²) in [5.74, 6) is 0.747. The summed E-state index contributed by atoms with van der Waals surface area (Å²) < 4.78 is 18.4. The zero-order valence-electron chi connectivity index (χ0n) is 15.1. The number of rotatable bonds is 5. The molecule has 1 amide bonds. The van der Waals surface area contributed by atoms with Crippen molar-refractivity contribution in [3.63, 3.8) is 0 Å². The summed E-state index contributed by atoms with van der Waals surface area (Å²) >= 11 is 0. The quantitative estimate of drug-likeness (QED) is 0.822. The van der Waals surface area contributed by atoms with E-state index in [0.717, 1.165) is 18.4 Å². The van der Waals surface area contributed by atoms with Gasteiger partial charge in [-0.3, -0.25) is 4.79 Å². The molecule has 0 aliphatic carbocycles. The molecule has 138 valence electrons. The number of carbonyl (C=O) groups is 1. The van der Waals surface area contributed by atoms with Gasteiger partial charge in [0, 0.05) is 38.6 Å². The van der Waals surface area contributed by atoms with Gasteiger partial charge in [0.25, 0.3) is 5.91 Å². The van der Waals surface area contributed by atoms with E-state index in [1.165, 1.54) is 24.3 Å². The molecule has 1 aromatic carbocycles. The first-order valence-electron chi connectivity index (χ1n) is 8.70. The number of hydrogen-bond acceptors (Lipinski definition) is 5. The van der Waals surface area contributed by atoms with E-state index >= 15 is 0 Å². The zero-order chi connectivity index (χ0) is 18.5. The predicted molar refractivity (Wildman–Crippen MR) is 96.7 cm³/mol. The van der Waals surface area contributed by atoms with E-state index in [1.54, 1.807) is 12.4 Å². The highest BCUT2D eigenvalue weighted by Crippen LogP contribution is 2.19. The molecular formula is C19H23FN4O2. The minimum Gasteiger partial charge on any atom is -0.484 e. The highest BCUT2D eigenvalue weighted by Gasteiger charge is 2.27. The maximum absolute atomic E-state index is 12.9. The van der Waals surface area contributed by atoms with Gasteiger partial charge in [0.1, 0.15) is 11.6 Å². The number of nitrogens with zero attached hydrogens (tertiary/aromatic N) is 4. The summed E-state index contributed by atoms with van der Waals surface area (Å²) in [5.41, 5.74) is 1.01. The Balaban J connectivity index is 1.56. The van der Waals surface area contributed by atoms with Gasteiger partial charge in [-0.1, -0.05) is 0 Å². The fourth-order valence-corrected chi connectivity index (χ4v) is 3.00. The number of likely N-dealkylation sites (N-methyl/N-ethyl adjacent to an activating group) is 1. The van der Waals surface area contributed by atoms with Gasteiger partial charge in [-0.15, -0.1) is 0 Å². The molecule has 2 aromatic rings. The lowest BCUT2D eigenvalue weighted by Gasteiger charge is -2.37. The molecule has 0 radical (unpaired) electrons. The molecule has 6 nitrogen and oxygen atoms in total. The summed E-state index contributed by atoms with van der Waals surface area (Å²) in [4.78, 5) is 25.0. The van der Waals surface area contributed by atoms with E-state index in [4.69, 9.17) is 4.74 Å². The van der Waals surface area contributed by atoms with Crippen LogP contribution in [0.1, 0.15) is 18.4 Å². The van der Waals surface area contributed by atoms with Crippen LogP contribution in [0.4, 0.5) is 10.3 Å². The molecule has 3 rings (SSSR count). The third-order valence-electron chi connectivity index (χ3n) is 4.56. The molecule has 1 aromatic heterocycles. The van der Waals surface area contributed by atoms with Gasteiger partial charge in [-0.05, 0) is 49.6 Å². The van der Waals surface area contributed by atoms with Crippen molar-refractivity contribution in [3.05, 3.63) is 48.0 Å². The normalized spacial score (nSPS) is 17.0. The van der Waals surface area contributed by atoms with Crippen LogP contribution >= 0.6 is 0 Å². The average Bonchev–Trinajstić information content (AvgIpc) is 2.67. The second-order valence-corrected chi connectivity index (χ2v) is 6.55. The van der Waals surface area contributed by atoms with Crippen molar-refractivity contribution in [3.8, 4) is 5.75 Å². The van der Waals surface area contributed by atoms with Crippen molar-refractivity contribution in [2.24, 2.45) is 0 Å². The maximum atomic E-state index is 12.9. The number of anilines is 1. The molecule has 7 heteroatoms. The summed E-state index contributed by atoms with van der Waals surface area (Å²) in [6.07, 6.45) is 5.49. The Morgan fingerprint density at radius 2 is 2.00 bits per heavy atom. The van der Waals surface area contributed by atoms with Crippen LogP contribution in [0.15, 0.2) is 36.7 Å². The molecule has 1 fully saturated rings. The van der Waals surface area contributed by atoms with Gasteiger partial charge in [0.2, 0.25) is 5.95 Å². The van der Waals surface area contributed by atoms with Crippen molar-refractivity contribution in [2.75, 3.05) is 31.6 Å². The van der Waals surface area contributed by atoms with E-state index in [0.29, 0.717) is 24.8 Å². The van der Waals surface area contributed by atoms with E-state index in [-0.39, 0.29) is 24.4 Å². The van der Waals surface area contributed by atoms with Crippen LogP contribution in [0.2, 0.25) is 0 Å². The van der Waals surface area contributed by atoms with Gasteiger partial charge < -0.3 is 14.5 Å². The third kappa shape index (κ3) is 4.47. The number of likely N-dealkylation sites (tertiary alicyclic amines) is 1. The number of halogens is 1. The summed E-state index contributed by atoms with van der Waals surface area (Å²) in [5, 5.41) is 0. The van der Waals surface area contributed by atoms with E-state index in [2.05, 4.69) is 9.97 Å². The Labute approximate surface area is 152 Å². The second kappa shape index (κ2) is 8.12. The zero-order valence-corrected chi connectivity index (χ0v) is 15.1. The molecule has 1 aliphatic heterocycles. The molecular weight excluding hydrogens is 335 g/mol. The number of carbonyl (C=O) groups excluding carboxylic acids is 1. The summed E-state index contributed by atoms with van der Waals surface area (Å²) in [7, 11) is 1.96. The smallest absolute Gasteiger partial charge is 0.260 e. The molecule has 0 bridgehead atoms. The predicted octanol–water partition coefficient (Wildman–Crippen LogP) is 2.43. The molecule has 1 atom stereocenters. The summed E-state index contributed by atoms with van der Waals surface area (Å²) in [6.45, 7) is 3.22. The molecule has 0 saturated carbocycles. The largest absolute Gasteiger partial charge is 0.484 e. The molecule has 26 heavy (non-hydrogen) atoms. The summed E-state index contributed by atoms with van der Waals surface area (Å²) in [6, 6.07) is 5.83. The van der Waals surface area contributed by atoms with Gasteiger partial charge in [0.15, 0.2) is 6.61 Å². The Hall–Kier alpha value is -2.70. The molecule has 1 aliphatic rings. The maximum Gasteiger partial charge on any atom is 0.260 e. The van der Waals surface area contributed by atoms with Crippen LogP contribution in [-0.4, -0.2) is 53.6 Å². The lowest BCUT2D eigenvalue weighted by atomic mass is 10.0. The van der Waals surface area contributed by atoms with E-state index in [1.807, 2.05) is 23.8 Å². The first-order chi connectivity index (χ1) is 12.5. The first kappa shape index (κ1) is 18.1. The number of hydrogen-bond donors (Lipinski definition) is 0. The van der Waals surface area contributed by atoms with Crippen LogP contribution in [0.3, 0.4) is 0 Å².